The number of para-hydroxylation sites is 1. The molecule has 2 heterocycles. The number of carbonyl (C=O) groups is 3. The highest BCUT2D eigenvalue weighted by Crippen LogP contribution is 2.26. The molecular formula is C34H28O13. The molecule has 0 fully saturated rings. The van der Waals surface area contributed by atoms with Crippen LogP contribution in [-0.2, 0) is 14.2 Å². The summed E-state index contributed by atoms with van der Waals surface area (Å²) in [5.41, 5.74) is -1.15. The van der Waals surface area contributed by atoms with Gasteiger partial charge in [0.25, 0.3) is 0 Å². The molecule has 2 aromatic heterocycles. The van der Waals surface area contributed by atoms with Crippen LogP contribution < -0.4 is 20.3 Å². The highest BCUT2D eigenvalue weighted by molar-refractivity contribution is 5.93. The fourth-order valence-corrected chi connectivity index (χ4v) is 4.55. The number of esters is 3. The lowest BCUT2D eigenvalue weighted by Gasteiger charge is -2.20. The number of hydrogen-bond acceptors (Lipinski definition) is 13. The quantitative estimate of drug-likeness (QED) is 0.147. The van der Waals surface area contributed by atoms with Crippen LogP contribution in [0.2, 0.25) is 0 Å². The van der Waals surface area contributed by atoms with Crippen LogP contribution in [-0.4, -0.2) is 55.5 Å². The van der Waals surface area contributed by atoms with Crippen molar-refractivity contribution in [2.45, 2.75) is 20.0 Å². The first kappa shape index (κ1) is 32.3. The number of carbonyl (C=O) groups excluding carboxylic acids is 3. The minimum Gasteiger partial charge on any atom is -0.507 e. The largest absolute Gasteiger partial charge is 0.507 e. The summed E-state index contributed by atoms with van der Waals surface area (Å²) in [4.78, 5) is 63.3. The fraction of sp³-hybridized carbons (Fsp3) is 0.206. The van der Waals surface area contributed by atoms with Gasteiger partial charge in [-0.2, -0.15) is 0 Å². The number of hydrogen-bond donors (Lipinski definition) is 1. The second-order valence-electron chi connectivity index (χ2n) is 9.82. The van der Waals surface area contributed by atoms with Gasteiger partial charge in [-0.05, 0) is 50.2 Å². The van der Waals surface area contributed by atoms with Gasteiger partial charge in [-0.1, -0.05) is 24.3 Å². The van der Waals surface area contributed by atoms with Crippen LogP contribution >= 0.6 is 0 Å². The van der Waals surface area contributed by atoms with Crippen molar-refractivity contribution in [2.24, 2.45) is 0 Å². The van der Waals surface area contributed by atoms with Gasteiger partial charge in [-0.15, -0.1) is 0 Å². The summed E-state index contributed by atoms with van der Waals surface area (Å²) in [6.45, 7) is 2.70. The number of phenolic OH excluding ortho intramolecular Hbond substituents is 1. The second kappa shape index (κ2) is 14.3. The third-order valence-corrected chi connectivity index (χ3v) is 6.63. The van der Waals surface area contributed by atoms with Crippen LogP contribution in [0.25, 0.3) is 21.9 Å². The van der Waals surface area contributed by atoms with E-state index in [1.807, 2.05) is 0 Å². The molecule has 0 spiro atoms. The number of fused-ring (bicyclic) bond motifs is 2. The van der Waals surface area contributed by atoms with Crippen molar-refractivity contribution in [1.29, 1.82) is 0 Å². The standard InChI is InChI=1S/C34H28O13/c1-3-41-33(39)28-15-22(36)30-24(11-7-13-26(30)46-28)43-17-19(45-32(38)20-9-5-6-10-21(20)35)18-44-25-12-8-14-27-31(25)23(37)16-29(47-27)34(40)42-4-2/h5-16,19,35H,3-4,17-18H2,1-2H3. The monoisotopic (exact) mass is 644 g/mol. The van der Waals surface area contributed by atoms with Gasteiger partial charge in [0, 0.05) is 12.1 Å². The van der Waals surface area contributed by atoms with E-state index >= 15 is 0 Å². The third kappa shape index (κ3) is 7.25. The van der Waals surface area contributed by atoms with Gasteiger partial charge in [0.1, 0.15) is 58.0 Å². The number of ether oxygens (including phenoxy) is 5. The molecule has 13 nitrogen and oxygen atoms in total. The predicted octanol–water partition coefficient (Wildman–Crippen LogP) is 4.64. The molecule has 0 aliphatic carbocycles. The van der Waals surface area contributed by atoms with Gasteiger partial charge in [0.2, 0.25) is 11.5 Å². The molecule has 0 saturated heterocycles. The predicted molar refractivity (Wildman–Crippen MR) is 165 cm³/mol. The Hall–Kier alpha value is -6.11. The highest BCUT2D eigenvalue weighted by atomic mass is 16.6. The molecule has 242 valence electrons. The van der Waals surface area contributed by atoms with E-state index in [1.54, 1.807) is 13.8 Å². The Morgan fingerprint density at radius 1 is 0.681 bits per heavy atom. The summed E-state index contributed by atoms with van der Waals surface area (Å²) in [6.07, 6.45) is -1.16. The molecule has 5 aromatic rings. The van der Waals surface area contributed by atoms with E-state index in [1.165, 1.54) is 60.7 Å². The fourth-order valence-electron chi connectivity index (χ4n) is 4.55. The normalized spacial score (nSPS) is 11.0. The van der Waals surface area contributed by atoms with E-state index in [0.717, 1.165) is 12.1 Å². The number of aromatic hydroxyl groups is 1. The molecule has 0 bridgehead atoms. The number of phenols is 1. The molecule has 3 aromatic carbocycles. The molecule has 0 unspecified atom stereocenters. The first-order valence-corrected chi connectivity index (χ1v) is 14.4. The maximum atomic E-state index is 13.0. The van der Waals surface area contributed by atoms with Crippen LogP contribution in [0.5, 0.6) is 17.2 Å². The summed E-state index contributed by atoms with van der Waals surface area (Å²) < 4.78 is 38.4. The summed E-state index contributed by atoms with van der Waals surface area (Å²) in [7, 11) is 0. The molecule has 13 heteroatoms. The molecule has 0 saturated carbocycles. The Bertz CT molecular complexity index is 1960. The van der Waals surface area contributed by atoms with Gasteiger partial charge in [-0.25, -0.2) is 14.4 Å². The Balaban J connectivity index is 1.43. The molecule has 5 rings (SSSR count). The van der Waals surface area contributed by atoms with E-state index in [-0.39, 0.29) is 82.7 Å². The number of benzene rings is 3. The Morgan fingerprint density at radius 2 is 1.17 bits per heavy atom. The molecule has 0 atom stereocenters. The van der Waals surface area contributed by atoms with Crippen LogP contribution in [0.1, 0.15) is 45.3 Å². The average molecular weight is 645 g/mol. The van der Waals surface area contributed by atoms with E-state index in [0.29, 0.717) is 0 Å². The van der Waals surface area contributed by atoms with E-state index < -0.39 is 34.9 Å². The van der Waals surface area contributed by atoms with Crippen LogP contribution in [0.3, 0.4) is 0 Å². The van der Waals surface area contributed by atoms with Gasteiger partial charge >= 0.3 is 17.9 Å². The van der Waals surface area contributed by atoms with Crippen LogP contribution in [0, 0.1) is 0 Å². The second-order valence-corrected chi connectivity index (χ2v) is 9.82. The van der Waals surface area contributed by atoms with Crippen molar-refractivity contribution in [3.05, 3.63) is 110 Å². The molecule has 1 N–H and O–H groups in total. The van der Waals surface area contributed by atoms with Crippen molar-refractivity contribution in [3.63, 3.8) is 0 Å². The van der Waals surface area contributed by atoms with Crippen LogP contribution in [0.4, 0.5) is 0 Å². The zero-order valence-electron chi connectivity index (χ0n) is 25.2. The first-order chi connectivity index (χ1) is 22.7. The van der Waals surface area contributed by atoms with Gasteiger partial charge < -0.3 is 37.6 Å². The van der Waals surface area contributed by atoms with Gasteiger partial charge in [0.15, 0.2) is 17.0 Å². The minimum absolute atomic E-state index is 0.0244. The molecule has 47 heavy (non-hydrogen) atoms. The zero-order chi connectivity index (χ0) is 33.5. The first-order valence-electron chi connectivity index (χ1n) is 14.4. The maximum absolute atomic E-state index is 13.0. The zero-order valence-corrected chi connectivity index (χ0v) is 25.2. The lowest BCUT2D eigenvalue weighted by molar-refractivity contribution is 0.00269. The summed E-state index contributed by atoms with van der Waals surface area (Å²) in [5, 5.41) is 10.2. The lowest BCUT2D eigenvalue weighted by Crippen LogP contribution is -2.31. The Labute approximate surface area is 265 Å². The van der Waals surface area contributed by atoms with E-state index in [2.05, 4.69) is 0 Å². The molecule has 0 aliphatic heterocycles. The van der Waals surface area contributed by atoms with Gasteiger partial charge in [-0.3, -0.25) is 9.59 Å². The SMILES string of the molecule is CCOC(=O)c1cc(=O)c2c(OCC(COc3cccc4oc(C(=O)OCC)cc(=O)c34)OC(=O)c3ccccc3O)cccc2o1. The summed E-state index contributed by atoms with van der Waals surface area (Å²) in [5.74, 6) is -3.24. The maximum Gasteiger partial charge on any atom is 0.374 e. The van der Waals surface area contributed by atoms with Crippen molar-refractivity contribution in [1.82, 2.24) is 0 Å². The van der Waals surface area contributed by atoms with Crippen molar-refractivity contribution < 1.29 is 52.0 Å². The van der Waals surface area contributed by atoms with Crippen molar-refractivity contribution >= 4 is 39.8 Å². The number of rotatable bonds is 12. The Kier molecular flexibility index (Phi) is 9.84. The van der Waals surface area contributed by atoms with Crippen molar-refractivity contribution in [3.8, 4) is 17.2 Å². The highest BCUT2D eigenvalue weighted by Gasteiger charge is 2.23. The van der Waals surface area contributed by atoms with E-state index in [9.17, 15) is 29.1 Å². The third-order valence-electron chi connectivity index (χ3n) is 6.63. The lowest BCUT2D eigenvalue weighted by atomic mass is 10.2. The van der Waals surface area contributed by atoms with Crippen LogP contribution in [0.15, 0.2) is 91.2 Å². The summed E-state index contributed by atoms with van der Waals surface area (Å²) in [6, 6.07) is 16.7. The topological polar surface area (TPSA) is 178 Å². The molecule has 0 radical (unpaired) electrons. The Morgan fingerprint density at radius 3 is 1.64 bits per heavy atom. The van der Waals surface area contributed by atoms with Crippen molar-refractivity contribution in [2.75, 3.05) is 26.4 Å². The minimum atomic E-state index is -1.16. The average Bonchev–Trinajstić information content (AvgIpc) is 3.05. The molecular weight excluding hydrogens is 616 g/mol. The van der Waals surface area contributed by atoms with E-state index in [4.69, 9.17) is 32.5 Å². The smallest absolute Gasteiger partial charge is 0.374 e. The molecule has 0 amide bonds. The summed E-state index contributed by atoms with van der Waals surface area (Å²) >= 11 is 0. The van der Waals surface area contributed by atoms with Gasteiger partial charge in [0.05, 0.1) is 13.2 Å². The molecule has 0 aliphatic rings.